The third kappa shape index (κ3) is 3.12. The number of pyridine rings is 1. The van der Waals surface area contributed by atoms with Crippen LogP contribution in [0.4, 0.5) is 13.2 Å². The van der Waals surface area contributed by atoms with Crippen molar-refractivity contribution in [1.82, 2.24) is 24.5 Å². The molecule has 0 aliphatic carbocycles. The van der Waals surface area contributed by atoms with Gasteiger partial charge in [-0.2, -0.15) is 13.2 Å². The normalized spacial score (nSPS) is 12.2. The molecule has 0 spiro atoms. The number of thioether (sulfide) groups is 1. The number of aryl methyl sites for hydroxylation is 1. The Kier molecular flexibility index (Phi) is 4.26. The molecule has 0 bridgehead atoms. The Hall–Kier alpha value is -2.68. The summed E-state index contributed by atoms with van der Waals surface area (Å²) < 4.78 is 40.6. The molecule has 27 heavy (non-hydrogen) atoms. The van der Waals surface area contributed by atoms with Gasteiger partial charge in [0, 0.05) is 7.05 Å². The van der Waals surface area contributed by atoms with E-state index in [9.17, 15) is 13.2 Å². The lowest BCUT2D eigenvalue weighted by Crippen LogP contribution is -2.07. The summed E-state index contributed by atoms with van der Waals surface area (Å²) in [5.74, 6) is 1.24. The first-order chi connectivity index (χ1) is 12.9. The largest absolute Gasteiger partial charge is 0.433 e. The first-order valence-corrected chi connectivity index (χ1v) is 9.16. The van der Waals surface area contributed by atoms with Crippen LogP contribution in [0.25, 0.3) is 33.6 Å². The summed E-state index contributed by atoms with van der Waals surface area (Å²) in [5.41, 5.74) is 1.77. The molecule has 4 aromatic rings. The van der Waals surface area contributed by atoms with Crippen LogP contribution in [-0.2, 0) is 13.2 Å². The highest BCUT2D eigenvalue weighted by atomic mass is 32.2. The lowest BCUT2D eigenvalue weighted by atomic mass is 10.3. The Bertz CT molecular complexity index is 1150. The first kappa shape index (κ1) is 17.7. The van der Waals surface area contributed by atoms with Crippen molar-refractivity contribution in [3.8, 4) is 11.5 Å². The fraction of sp³-hybridized carbons (Fsp3) is 0.222. The van der Waals surface area contributed by atoms with Crippen molar-refractivity contribution in [3.05, 3.63) is 42.2 Å². The molecule has 0 radical (unpaired) electrons. The van der Waals surface area contributed by atoms with Gasteiger partial charge in [-0.3, -0.25) is 0 Å². The number of para-hydroxylation sites is 2. The standard InChI is InChI=1S/C18H14F3N5S/c1-3-27-17-15(23-10-6-4-5-7-11(10)25-17)16-24-12-8-14(18(19,20)21)22-9-13(12)26(16)2/h4-9H,3H2,1-2H3. The molecule has 0 saturated heterocycles. The summed E-state index contributed by atoms with van der Waals surface area (Å²) in [6, 6.07) is 8.43. The van der Waals surface area contributed by atoms with E-state index in [1.54, 1.807) is 11.6 Å². The van der Waals surface area contributed by atoms with Crippen LogP contribution >= 0.6 is 11.8 Å². The van der Waals surface area contributed by atoms with Gasteiger partial charge in [0.15, 0.2) is 5.82 Å². The maximum atomic E-state index is 13.0. The Labute approximate surface area is 156 Å². The second kappa shape index (κ2) is 6.49. The predicted octanol–water partition coefficient (Wildman–Crippen LogP) is 4.71. The topological polar surface area (TPSA) is 56.5 Å². The average molecular weight is 389 g/mol. The zero-order chi connectivity index (χ0) is 19.2. The Morgan fingerprint density at radius 3 is 2.41 bits per heavy atom. The Morgan fingerprint density at radius 1 is 1.04 bits per heavy atom. The Balaban J connectivity index is 1.95. The van der Waals surface area contributed by atoms with Crippen molar-refractivity contribution in [1.29, 1.82) is 0 Å². The number of fused-ring (bicyclic) bond motifs is 2. The van der Waals surface area contributed by atoms with Gasteiger partial charge in [-0.1, -0.05) is 19.1 Å². The number of aromatic nitrogens is 5. The number of rotatable bonds is 3. The number of halogens is 3. The van der Waals surface area contributed by atoms with E-state index in [1.807, 2.05) is 31.2 Å². The van der Waals surface area contributed by atoms with E-state index in [0.29, 0.717) is 27.6 Å². The molecule has 5 nitrogen and oxygen atoms in total. The van der Waals surface area contributed by atoms with Gasteiger partial charge in [0.1, 0.15) is 16.4 Å². The fourth-order valence-corrected chi connectivity index (χ4v) is 3.53. The lowest BCUT2D eigenvalue weighted by molar-refractivity contribution is -0.141. The molecule has 0 atom stereocenters. The van der Waals surface area contributed by atoms with Crippen molar-refractivity contribution in [2.45, 2.75) is 18.1 Å². The minimum atomic E-state index is -4.52. The van der Waals surface area contributed by atoms with Gasteiger partial charge in [-0.25, -0.2) is 19.9 Å². The summed E-state index contributed by atoms with van der Waals surface area (Å²) >= 11 is 1.52. The van der Waals surface area contributed by atoms with Crippen LogP contribution in [0.15, 0.2) is 41.6 Å². The van der Waals surface area contributed by atoms with E-state index in [1.165, 1.54) is 18.0 Å². The van der Waals surface area contributed by atoms with Gasteiger partial charge < -0.3 is 4.57 Å². The van der Waals surface area contributed by atoms with E-state index in [-0.39, 0.29) is 5.52 Å². The van der Waals surface area contributed by atoms with Crippen molar-refractivity contribution in [2.24, 2.45) is 7.05 Å². The Morgan fingerprint density at radius 2 is 1.74 bits per heavy atom. The van der Waals surface area contributed by atoms with Gasteiger partial charge in [-0.15, -0.1) is 11.8 Å². The molecule has 0 aliphatic heterocycles. The smallest absolute Gasteiger partial charge is 0.324 e. The monoisotopic (exact) mass is 389 g/mol. The zero-order valence-corrected chi connectivity index (χ0v) is 15.3. The van der Waals surface area contributed by atoms with E-state index in [0.717, 1.165) is 17.3 Å². The van der Waals surface area contributed by atoms with E-state index >= 15 is 0 Å². The van der Waals surface area contributed by atoms with Crippen molar-refractivity contribution >= 4 is 33.8 Å². The molecule has 138 valence electrons. The molecule has 3 heterocycles. The number of hydrogen-bond donors (Lipinski definition) is 0. The van der Waals surface area contributed by atoms with Crippen LogP contribution in [0.2, 0.25) is 0 Å². The highest BCUT2D eigenvalue weighted by molar-refractivity contribution is 7.99. The van der Waals surface area contributed by atoms with E-state index < -0.39 is 11.9 Å². The highest BCUT2D eigenvalue weighted by Gasteiger charge is 2.33. The molecular weight excluding hydrogens is 375 g/mol. The molecule has 4 rings (SSSR count). The molecule has 3 aromatic heterocycles. The summed E-state index contributed by atoms with van der Waals surface area (Å²) in [6.07, 6.45) is -3.33. The van der Waals surface area contributed by atoms with Crippen LogP contribution < -0.4 is 0 Å². The van der Waals surface area contributed by atoms with Gasteiger partial charge >= 0.3 is 6.18 Å². The van der Waals surface area contributed by atoms with Crippen molar-refractivity contribution in [2.75, 3.05) is 5.75 Å². The van der Waals surface area contributed by atoms with Gasteiger partial charge in [-0.05, 0) is 24.0 Å². The lowest BCUT2D eigenvalue weighted by Gasteiger charge is -2.09. The molecule has 0 aliphatic rings. The van der Waals surface area contributed by atoms with E-state index in [4.69, 9.17) is 0 Å². The maximum Gasteiger partial charge on any atom is 0.433 e. The second-order valence-corrected chi connectivity index (χ2v) is 7.10. The van der Waals surface area contributed by atoms with Gasteiger partial charge in [0.05, 0.1) is 28.3 Å². The van der Waals surface area contributed by atoms with Crippen LogP contribution in [0, 0.1) is 0 Å². The van der Waals surface area contributed by atoms with Crippen LogP contribution in [0.5, 0.6) is 0 Å². The minimum absolute atomic E-state index is 0.220. The number of alkyl halides is 3. The fourth-order valence-electron chi connectivity index (χ4n) is 2.82. The zero-order valence-electron chi connectivity index (χ0n) is 14.4. The summed E-state index contributed by atoms with van der Waals surface area (Å²) in [7, 11) is 1.73. The van der Waals surface area contributed by atoms with Crippen molar-refractivity contribution < 1.29 is 13.2 Å². The number of hydrogen-bond acceptors (Lipinski definition) is 5. The second-order valence-electron chi connectivity index (χ2n) is 5.85. The molecule has 0 fully saturated rings. The number of benzene rings is 1. The minimum Gasteiger partial charge on any atom is -0.324 e. The molecule has 0 saturated carbocycles. The van der Waals surface area contributed by atoms with E-state index in [2.05, 4.69) is 19.9 Å². The summed E-state index contributed by atoms with van der Waals surface area (Å²) in [5, 5.41) is 0.693. The van der Waals surface area contributed by atoms with Gasteiger partial charge in [0.25, 0.3) is 0 Å². The molecule has 0 N–H and O–H groups in total. The molecule has 1 aromatic carbocycles. The predicted molar refractivity (Wildman–Crippen MR) is 98.4 cm³/mol. The molecule has 0 unspecified atom stereocenters. The highest BCUT2D eigenvalue weighted by Crippen LogP contribution is 2.33. The number of nitrogens with zero attached hydrogens (tertiary/aromatic N) is 5. The molecular formula is C18H14F3N5S. The third-order valence-electron chi connectivity index (χ3n) is 4.09. The quantitative estimate of drug-likeness (QED) is 0.475. The van der Waals surface area contributed by atoms with Crippen LogP contribution in [0.3, 0.4) is 0 Å². The summed E-state index contributed by atoms with van der Waals surface area (Å²) in [4.78, 5) is 17.3. The summed E-state index contributed by atoms with van der Waals surface area (Å²) in [6.45, 7) is 2.00. The number of imidazole rings is 1. The van der Waals surface area contributed by atoms with Gasteiger partial charge in [0.2, 0.25) is 0 Å². The van der Waals surface area contributed by atoms with Crippen LogP contribution in [0.1, 0.15) is 12.6 Å². The SMILES string of the molecule is CCSc1nc2ccccc2nc1-c1nc2cc(C(F)(F)F)ncc2n1C. The maximum absolute atomic E-state index is 13.0. The molecule has 0 amide bonds. The third-order valence-corrected chi connectivity index (χ3v) is 4.94. The first-order valence-electron chi connectivity index (χ1n) is 8.18. The molecule has 9 heteroatoms. The van der Waals surface area contributed by atoms with Crippen LogP contribution in [-0.4, -0.2) is 30.3 Å². The van der Waals surface area contributed by atoms with Crippen molar-refractivity contribution in [3.63, 3.8) is 0 Å². The average Bonchev–Trinajstić information content (AvgIpc) is 2.97.